The van der Waals surface area contributed by atoms with Crippen molar-refractivity contribution in [2.45, 2.75) is 18.6 Å². The minimum Gasteiger partial charge on any atom is -0.367 e. The minimum absolute atomic E-state index is 0.00541. The molecule has 0 bridgehead atoms. The van der Waals surface area contributed by atoms with E-state index in [1.165, 1.54) is 6.26 Å². The molecule has 1 aliphatic rings. The van der Waals surface area contributed by atoms with Crippen LogP contribution < -0.4 is 5.73 Å². The Bertz CT molecular complexity index is 544. The summed E-state index contributed by atoms with van der Waals surface area (Å²) in [5.74, 6) is 0.705. The molecule has 20 heavy (non-hydrogen) atoms. The molecule has 2 atom stereocenters. The molecule has 0 saturated carbocycles. The zero-order valence-corrected chi connectivity index (χ0v) is 12.5. The molecule has 2 N–H and O–H groups in total. The third-order valence-corrected chi connectivity index (χ3v) is 4.11. The largest absolute Gasteiger partial charge is 0.367 e. The molecule has 114 valence electrons. The third-order valence-electron chi connectivity index (χ3n) is 3.13. The molecular weight excluding hydrogens is 284 g/mol. The molecule has 1 aromatic heterocycles. The zero-order chi connectivity index (χ0) is 14.8. The van der Waals surface area contributed by atoms with Gasteiger partial charge in [0, 0.05) is 19.3 Å². The summed E-state index contributed by atoms with van der Waals surface area (Å²) in [5, 5.41) is 3.87. The summed E-state index contributed by atoms with van der Waals surface area (Å²) in [6, 6.07) is -0.577. The second kappa shape index (κ2) is 6.17. The molecule has 2 unspecified atom stereocenters. The number of aromatic nitrogens is 2. The van der Waals surface area contributed by atoms with Crippen LogP contribution in [0.1, 0.15) is 30.3 Å². The van der Waals surface area contributed by atoms with E-state index >= 15 is 0 Å². The number of nitrogens with zero attached hydrogens (tertiary/aromatic N) is 3. The maximum absolute atomic E-state index is 11.1. The van der Waals surface area contributed by atoms with Crippen LogP contribution in [-0.4, -0.2) is 62.2 Å². The Labute approximate surface area is 118 Å². The van der Waals surface area contributed by atoms with Gasteiger partial charge in [-0.25, -0.2) is 8.42 Å². The SMILES string of the molecule is CN1CCOC(c2noc(C(N)CCS(C)(=O)=O)n2)C1. The van der Waals surface area contributed by atoms with Crippen molar-refractivity contribution in [3.8, 4) is 0 Å². The predicted octanol–water partition coefficient (Wildman–Crippen LogP) is -0.493. The zero-order valence-electron chi connectivity index (χ0n) is 11.7. The van der Waals surface area contributed by atoms with Gasteiger partial charge in [-0.05, 0) is 13.5 Å². The summed E-state index contributed by atoms with van der Waals surface area (Å²) in [7, 11) is -1.05. The van der Waals surface area contributed by atoms with Gasteiger partial charge in [-0.2, -0.15) is 4.98 Å². The maximum Gasteiger partial charge on any atom is 0.243 e. The number of rotatable bonds is 5. The van der Waals surface area contributed by atoms with Crippen LogP contribution in [-0.2, 0) is 14.6 Å². The van der Waals surface area contributed by atoms with Crippen LogP contribution in [0.3, 0.4) is 0 Å². The third kappa shape index (κ3) is 4.23. The first kappa shape index (κ1) is 15.4. The molecule has 1 fully saturated rings. The van der Waals surface area contributed by atoms with Crippen LogP contribution in [0, 0.1) is 0 Å². The smallest absolute Gasteiger partial charge is 0.243 e. The van der Waals surface area contributed by atoms with E-state index in [0.717, 1.165) is 6.54 Å². The Morgan fingerprint density at radius 3 is 2.95 bits per heavy atom. The lowest BCUT2D eigenvalue weighted by Crippen LogP contribution is -2.35. The molecule has 1 saturated heterocycles. The molecule has 1 aliphatic heterocycles. The highest BCUT2D eigenvalue weighted by Gasteiger charge is 2.26. The van der Waals surface area contributed by atoms with Crippen molar-refractivity contribution in [2.75, 3.05) is 38.8 Å². The molecule has 8 nitrogen and oxygen atoms in total. The van der Waals surface area contributed by atoms with Gasteiger partial charge in [-0.1, -0.05) is 5.16 Å². The summed E-state index contributed by atoms with van der Waals surface area (Å²) < 4.78 is 32.9. The van der Waals surface area contributed by atoms with Crippen molar-refractivity contribution in [1.29, 1.82) is 0 Å². The molecule has 2 rings (SSSR count). The lowest BCUT2D eigenvalue weighted by atomic mass is 10.2. The topological polar surface area (TPSA) is 112 Å². The number of hydrogen-bond acceptors (Lipinski definition) is 8. The van der Waals surface area contributed by atoms with Crippen LogP contribution in [0.4, 0.5) is 0 Å². The van der Waals surface area contributed by atoms with E-state index in [4.69, 9.17) is 15.0 Å². The minimum atomic E-state index is -3.05. The van der Waals surface area contributed by atoms with Gasteiger partial charge < -0.3 is 19.9 Å². The summed E-state index contributed by atoms with van der Waals surface area (Å²) >= 11 is 0. The van der Waals surface area contributed by atoms with Crippen LogP contribution >= 0.6 is 0 Å². The number of nitrogens with two attached hydrogens (primary N) is 1. The van der Waals surface area contributed by atoms with Gasteiger partial charge in [-0.15, -0.1) is 0 Å². The lowest BCUT2D eigenvalue weighted by Gasteiger charge is -2.27. The highest BCUT2D eigenvalue weighted by molar-refractivity contribution is 7.90. The van der Waals surface area contributed by atoms with Gasteiger partial charge >= 0.3 is 0 Å². The van der Waals surface area contributed by atoms with E-state index in [-0.39, 0.29) is 24.2 Å². The van der Waals surface area contributed by atoms with E-state index < -0.39 is 15.9 Å². The van der Waals surface area contributed by atoms with E-state index in [2.05, 4.69) is 15.0 Å². The van der Waals surface area contributed by atoms with Crippen LogP contribution in [0.2, 0.25) is 0 Å². The number of sulfone groups is 1. The number of hydrogen-bond donors (Lipinski definition) is 1. The molecule has 0 spiro atoms. The summed E-state index contributed by atoms with van der Waals surface area (Å²) in [6.45, 7) is 2.18. The van der Waals surface area contributed by atoms with Crippen LogP contribution in [0.25, 0.3) is 0 Å². The van der Waals surface area contributed by atoms with E-state index in [0.29, 0.717) is 19.0 Å². The molecule has 9 heteroatoms. The summed E-state index contributed by atoms with van der Waals surface area (Å²) in [5.41, 5.74) is 5.86. The maximum atomic E-state index is 11.1. The first-order valence-corrected chi connectivity index (χ1v) is 8.48. The molecule has 0 radical (unpaired) electrons. The average molecular weight is 304 g/mol. The predicted molar refractivity (Wildman–Crippen MR) is 71.7 cm³/mol. The Kier molecular flexibility index (Phi) is 4.74. The molecule has 0 aromatic carbocycles. The Morgan fingerprint density at radius 1 is 1.55 bits per heavy atom. The molecule has 0 aliphatic carbocycles. The molecule has 0 amide bonds. The second-order valence-electron chi connectivity index (χ2n) is 5.14. The lowest BCUT2D eigenvalue weighted by molar-refractivity contribution is -0.0264. The van der Waals surface area contributed by atoms with Gasteiger partial charge in [0.1, 0.15) is 15.9 Å². The van der Waals surface area contributed by atoms with Crippen molar-refractivity contribution in [1.82, 2.24) is 15.0 Å². The molecule has 1 aromatic rings. The van der Waals surface area contributed by atoms with Crippen molar-refractivity contribution in [2.24, 2.45) is 5.73 Å². The summed E-state index contributed by atoms with van der Waals surface area (Å²) in [6.07, 6.45) is 1.20. The summed E-state index contributed by atoms with van der Waals surface area (Å²) in [4.78, 5) is 6.34. The van der Waals surface area contributed by atoms with E-state index in [9.17, 15) is 8.42 Å². The molecular formula is C11H20N4O4S. The standard InChI is InChI=1S/C11H20N4O4S/c1-15-4-5-18-9(7-15)10-13-11(19-14-10)8(12)3-6-20(2,16)17/h8-9H,3-7,12H2,1-2H3. The Hall–Kier alpha value is -1.03. The number of ether oxygens (including phenoxy) is 1. The van der Waals surface area contributed by atoms with E-state index in [1.807, 2.05) is 7.05 Å². The van der Waals surface area contributed by atoms with Gasteiger partial charge in [0.25, 0.3) is 0 Å². The van der Waals surface area contributed by atoms with Crippen molar-refractivity contribution >= 4 is 9.84 Å². The normalized spacial score (nSPS) is 22.9. The van der Waals surface area contributed by atoms with Crippen molar-refractivity contribution in [3.63, 3.8) is 0 Å². The highest BCUT2D eigenvalue weighted by atomic mass is 32.2. The van der Waals surface area contributed by atoms with E-state index in [1.54, 1.807) is 0 Å². The second-order valence-corrected chi connectivity index (χ2v) is 7.40. The van der Waals surface area contributed by atoms with Crippen LogP contribution in [0.5, 0.6) is 0 Å². The quantitative estimate of drug-likeness (QED) is 0.775. The molecule has 2 heterocycles. The monoisotopic (exact) mass is 304 g/mol. The Morgan fingerprint density at radius 2 is 2.30 bits per heavy atom. The van der Waals surface area contributed by atoms with Crippen molar-refractivity contribution in [3.05, 3.63) is 11.7 Å². The van der Waals surface area contributed by atoms with Gasteiger partial charge in [0.15, 0.2) is 0 Å². The number of morpholine rings is 1. The van der Waals surface area contributed by atoms with Gasteiger partial charge in [0.2, 0.25) is 11.7 Å². The average Bonchev–Trinajstić information content (AvgIpc) is 2.84. The first-order chi connectivity index (χ1) is 9.35. The highest BCUT2D eigenvalue weighted by Crippen LogP contribution is 2.21. The fourth-order valence-corrected chi connectivity index (χ4v) is 2.61. The van der Waals surface area contributed by atoms with Gasteiger partial charge in [-0.3, -0.25) is 0 Å². The van der Waals surface area contributed by atoms with Crippen molar-refractivity contribution < 1.29 is 17.7 Å². The van der Waals surface area contributed by atoms with Crippen LogP contribution in [0.15, 0.2) is 4.52 Å². The fourth-order valence-electron chi connectivity index (χ4n) is 1.93. The van der Waals surface area contributed by atoms with Gasteiger partial charge in [0.05, 0.1) is 18.4 Å². The first-order valence-electron chi connectivity index (χ1n) is 6.42. The number of likely N-dealkylation sites (N-methyl/N-ethyl adjacent to an activating group) is 1. The Balaban J connectivity index is 1.97. The fraction of sp³-hybridized carbons (Fsp3) is 0.818.